The summed E-state index contributed by atoms with van der Waals surface area (Å²) in [7, 11) is 3.74. The van der Waals surface area contributed by atoms with E-state index in [4.69, 9.17) is 4.42 Å². The summed E-state index contributed by atoms with van der Waals surface area (Å²) >= 11 is 0. The molecule has 2 heterocycles. The Hall–Kier alpha value is -2.92. The SMILES string of the molecule is CN(Cc1ccco1)C(=O)CN(C)C(c1ccccc1)c1ccccn1. The molecule has 134 valence electrons. The van der Waals surface area contributed by atoms with Crippen molar-refractivity contribution >= 4 is 5.91 Å². The first kappa shape index (κ1) is 17.9. The van der Waals surface area contributed by atoms with E-state index in [1.165, 1.54) is 0 Å². The smallest absolute Gasteiger partial charge is 0.236 e. The topological polar surface area (TPSA) is 49.6 Å². The minimum absolute atomic E-state index is 0.0285. The highest BCUT2D eigenvalue weighted by atomic mass is 16.3. The van der Waals surface area contributed by atoms with Crippen molar-refractivity contribution in [1.29, 1.82) is 0 Å². The van der Waals surface area contributed by atoms with Crippen LogP contribution in [-0.2, 0) is 11.3 Å². The first-order chi connectivity index (χ1) is 12.6. The molecule has 0 N–H and O–H groups in total. The molecule has 1 atom stereocenters. The lowest BCUT2D eigenvalue weighted by Crippen LogP contribution is -2.38. The molecule has 3 rings (SSSR count). The molecule has 5 nitrogen and oxygen atoms in total. The maximum absolute atomic E-state index is 12.7. The summed E-state index contributed by atoms with van der Waals surface area (Å²) in [6.07, 6.45) is 3.40. The number of carbonyl (C=O) groups excluding carboxylic acids is 1. The molecule has 0 aliphatic heterocycles. The van der Waals surface area contributed by atoms with Crippen LogP contribution in [0.25, 0.3) is 0 Å². The normalized spacial score (nSPS) is 12.1. The number of amides is 1. The van der Waals surface area contributed by atoms with Gasteiger partial charge in [-0.25, -0.2) is 0 Å². The van der Waals surface area contributed by atoms with Crippen molar-refractivity contribution in [3.8, 4) is 0 Å². The lowest BCUT2D eigenvalue weighted by Gasteiger charge is -2.29. The van der Waals surface area contributed by atoms with Crippen molar-refractivity contribution < 1.29 is 9.21 Å². The Morgan fingerprint density at radius 3 is 2.46 bits per heavy atom. The van der Waals surface area contributed by atoms with Gasteiger partial charge in [0.1, 0.15) is 5.76 Å². The third kappa shape index (κ3) is 4.37. The van der Waals surface area contributed by atoms with Gasteiger partial charge in [0.15, 0.2) is 0 Å². The van der Waals surface area contributed by atoms with Gasteiger partial charge in [-0.1, -0.05) is 36.4 Å². The van der Waals surface area contributed by atoms with E-state index >= 15 is 0 Å². The third-order valence-corrected chi connectivity index (χ3v) is 4.31. The highest BCUT2D eigenvalue weighted by Gasteiger charge is 2.23. The minimum atomic E-state index is -0.0848. The van der Waals surface area contributed by atoms with Crippen molar-refractivity contribution in [2.45, 2.75) is 12.6 Å². The summed E-state index contributed by atoms with van der Waals surface area (Å²) in [5.41, 5.74) is 2.03. The van der Waals surface area contributed by atoms with E-state index < -0.39 is 0 Å². The lowest BCUT2D eigenvalue weighted by molar-refractivity contribution is -0.131. The van der Waals surface area contributed by atoms with Crippen LogP contribution in [0, 0.1) is 0 Å². The largest absolute Gasteiger partial charge is 0.467 e. The second-order valence-electron chi connectivity index (χ2n) is 6.31. The van der Waals surface area contributed by atoms with Crippen LogP contribution in [-0.4, -0.2) is 41.3 Å². The number of hydrogen-bond acceptors (Lipinski definition) is 4. The summed E-state index contributed by atoms with van der Waals surface area (Å²) in [5, 5.41) is 0. The fourth-order valence-corrected chi connectivity index (χ4v) is 2.97. The van der Waals surface area contributed by atoms with Gasteiger partial charge in [-0.2, -0.15) is 0 Å². The van der Waals surface area contributed by atoms with Gasteiger partial charge < -0.3 is 9.32 Å². The molecule has 3 aromatic rings. The lowest BCUT2D eigenvalue weighted by atomic mass is 10.0. The summed E-state index contributed by atoms with van der Waals surface area (Å²) < 4.78 is 5.33. The highest BCUT2D eigenvalue weighted by molar-refractivity contribution is 5.78. The van der Waals surface area contributed by atoms with Gasteiger partial charge in [0, 0.05) is 13.2 Å². The molecule has 0 aliphatic rings. The van der Waals surface area contributed by atoms with Gasteiger partial charge in [-0.05, 0) is 36.9 Å². The van der Waals surface area contributed by atoms with Crippen LogP contribution >= 0.6 is 0 Å². The van der Waals surface area contributed by atoms with E-state index in [0.29, 0.717) is 6.54 Å². The highest BCUT2D eigenvalue weighted by Crippen LogP contribution is 2.25. The van der Waals surface area contributed by atoms with E-state index in [9.17, 15) is 4.79 Å². The number of rotatable bonds is 7. The monoisotopic (exact) mass is 349 g/mol. The average Bonchev–Trinajstić information content (AvgIpc) is 3.16. The summed E-state index contributed by atoms with van der Waals surface area (Å²) in [5.74, 6) is 0.800. The number of benzene rings is 1. The van der Waals surface area contributed by atoms with Crippen LogP contribution in [0.3, 0.4) is 0 Å². The molecule has 0 spiro atoms. The number of likely N-dealkylation sites (N-methyl/N-ethyl adjacent to an activating group) is 2. The summed E-state index contributed by atoms with van der Waals surface area (Å²) in [4.78, 5) is 20.9. The molecule has 1 aromatic carbocycles. The van der Waals surface area contributed by atoms with Gasteiger partial charge >= 0.3 is 0 Å². The number of nitrogens with zero attached hydrogens (tertiary/aromatic N) is 3. The Labute approximate surface area is 153 Å². The van der Waals surface area contributed by atoms with Crippen molar-refractivity contribution in [3.05, 3.63) is 90.1 Å². The standard InChI is InChI=1S/C21H23N3O2/c1-23(15-18-11-8-14-26-18)20(25)16-24(2)21(17-9-4-3-5-10-17)19-12-6-7-13-22-19/h3-14,21H,15-16H2,1-2H3. The predicted molar refractivity (Wildman–Crippen MR) is 100 cm³/mol. The molecule has 2 aromatic heterocycles. The maximum Gasteiger partial charge on any atom is 0.236 e. The van der Waals surface area contributed by atoms with Gasteiger partial charge in [-0.3, -0.25) is 14.7 Å². The van der Waals surface area contributed by atoms with Crippen LogP contribution in [0.2, 0.25) is 0 Å². The van der Waals surface area contributed by atoms with Crippen molar-refractivity contribution in [1.82, 2.24) is 14.8 Å². The predicted octanol–water partition coefficient (Wildman–Crippen LogP) is 3.35. The maximum atomic E-state index is 12.7. The number of pyridine rings is 1. The molecule has 0 saturated carbocycles. The van der Waals surface area contributed by atoms with E-state index in [-0.39, 0.29) is 18.5 Å². The summed E-state index contributed by atoms with van der Waals surface area (Å²) in [6.45, 7) is 0.743. The zero-order valence-electron chi connectivity index (χ0n) is 15.1. The number of carbonyl (C=O) groups is 1. The van der Waals surface area contributed by atoms with Crippen molar-refractivity contribution in [2.75, 3.05) is 20.6 Å². The Balaban J connectivity index is 1.75. The average molecular weight is 349 g/mol. The van der Waals surface area contributed by atoms with Crippen LogP contribution in [0.4, 0.5) is 0 Å². The quantitative estimate of drug-likeness (QED) is 0.656. The van der Waals surface area contributed by atoms with Crippen molar-refractivity contribution in [2.24, 2.45) is 0 Å². The van der Waals surface area contributed by atoms with Crippen LogP contribution in [0.1, 0.15) is 23.1 Å². The van der Waals surface area contributed by atoms with Gasteiger partial charge in [0.25, 0.3) is 0 Å². The second kappa shape index (κ2) is 8.45. The molecule has 26 heavy (non-hydrogen) atoms. The Morgan fingerprint density at radius 2 is 1.81 bits per heavy atom. The van der Waals surface area contributed by atoms with Crippen LogP contribution < -0.4 is 0 Å². The number of hydrogen-bond donors (Lipinski definition) is 0. The van der Waals surface area contributed by atoms with Crippen molar-refractivity contribution in [3.63, 3.8) is 0 Å². The molecular formula is C21H23N3O2. The molecule has 0 bridgehead atoms. The van der Waals surface area contributed by atoms with Crippen LogP contribution in [0.5, 0.6) is 0 Å². The zero-order chi connectivity index (χ0) is 18.4. The zero-order valence-corrected chi connectivity index (χ0v) is 15.1. The van der Waals surface area contributed by atoms with Gasteiger partial charge in [0.05, 0.1) is 31.1 Å². The Morgan fingerprint density at radius 1 is 1.04 bits per heavy atom. The Bertz CT molecular complexity index is 764. The second-order valence-corrected chi connectivity index (χ2v) is 6.31. The molecular weight excluding hydrogens is 326 g/mol. The molecule has 0 aliphatic carbocycles. The number of aromatic nitrogens is 1. The molecule has 1 unspecified atom stereocenters. The minimum Gasteiger partial charge on any atom is -0.467 e. The molecule has 0 radical (unpaired) electrons. The molecule has 5 heteroatoms. The fourth-order valence-electron chi connectivity index (χ4n) is 2.97. The van der Waals surface area contributed by atoms with Gasteiger partial charge in [0.2, 0.25) is 5.91 Å². The third-order valence-electron chi connectivity index (χ3n) is 4.31. The van der Waals surface area contributed by atoms with E-state index in [2.05, 4.69) is 17.1 Å². The Kier molecular flexibility index (Phi) is 5.81. The van der Waals surface area contributed by atoms with E-state index in [1.807, 2.05) is 60.5 Å². The van der Waals surface area contributed by atoms with Crippen LogP contribution in [0.15, 0.2) is 77.5 Å². The van der Waals surface area contributed by atoms with Gasteiger partial charge in [-0.15, -0.1) is 0 Å². The first-order valence-corrected chi connectivity index (χ1v) is 8.57. The first-order valence-electron chi connectivity index (χ1n) is 8.57. The molecule has 0 fully saturated rings. The fraction of sp³-hybridized carbons (Fsp3) is 0.238. The van der Waals surface area contributed by atoms with E-state index in [0.717, 1.165) is 17.0 Å². The van der Waals surface area contributed by atoms with E-state index in [1.54, 1.807) is 24.4 Å². The molecule has 1 amide bonds. The molecule has 0 saturated heterocycles. The summed E-state index contributed by atoms with van der Waals surface area (Å²) in [6, 6.07) is 19.6. The number of furan rings is 1.